The first-order valence-electron chi connectivity index (χ1n) is 7.85. The Hall–Kier alpha value is -1.27. The van der Waals surface area contributed by atoms with Crippen LogP contribution in [0, 0.1) is 0 Å². The molecule has 0 aliphatic heterocycles. The van der Waals surface area contributed by atoms with Gasteiger partial charge >= 0.3 is 0 Å². The molecule has 2 rings (SSSR count). The number of rotatable bonds is 6. The molecule has 2 aromatic carbocycles. The quantitative estimate of drug-likeness (QED) is 0.567. The molecule has 0 saturated carbocycles. The van der Waals surface area contributed by atoms with Crippen molar-refractivity contribution in [2.24, 2.45) is 0 Å². The summed E-state index contributed by atoms with van der Waals surface area (Å²) in [5.74, 6) is 0.0373. The summed E-state index contributed by atoms with van der Waals surface area (Å²) < 4.78 is 27.7. The molecule has 0 aliphatic carbocycles. The molecular formula is C18H18Cl3NO3S. The number of para-hydroxylation sites is 1. The molecule has 1 atom stereocenters. The first kappa shape index (κ1) is 21.0. The fourth-order valence-corrected chi connectivity index (χ4v) is 4.76. The van der Waals surface area contributed by atoms with Gasteiger partial charge in [-0.2, -0.15) is 0 Å². The van der Waals surface area contributed by atoms with Crippen molar-refractivity contribution in [2.45, 2.75) is 37.6 Å². The van der Waals surface area contributed by atoms with Crippen LogP contribution in [0.15, 0.2) is 47.4 Å². The number of sulfonamides is 1. The molecule has 1 unspecified atom stereocenters. The molecule has 0 spiro atoms. The molecule has 2 aromatic rings. The maximum Gasteiger partial charge on any atom is 0.265 e. The average molecular weight is 435 g/mol. The third-order valence-electron chi connectivity index (χ3n) is 3.92. The second-order valence-corrected chi connectivity index (χ2v) is 9.07. The number of halogens is 3. The smallest absolute Gasteiger partial charge is 0.265 e. The lowest BCUT2D eigenvalue weighted by molar-refractivity contribution is -0.112. The van der Waals surface area contributed by atoms with E-state index in [2.05, 4.69) is 0 Å². The summed E-state index contributed by atoms with van der Waals surface area (Å²) in [4.78, 5) is 11.8. The Balaban J connectivity index is 2.73. The zero-order chi connectivity index (χ0) is 19.6. The van der Waals surface area contributed by atoms with Crippen LogP contribution in [0.3, 0.4) is 0 Å². The number of carbonyl (C=O) groups is 1. The third-order valence-corrected chi connectivity index (χ3v) is 6.86. The van der Waals surface area contributed by atoms with Crippen molar-refractivity contribution in [2.75, 3.05) is 4.31 Å². The molecule has 0 saturated heterocycles. The summed E-state index contributed by atoms with van der Waals surface area (Å²) in [7, 11) is -4.11. The first-order valence-corrected chi connectivity index (χ1v) is 10.4. The van der Waals surface area contributed by atoms with E-state index >= 15 is 0 Å². The van der Waals surface area contributed by atoms with Gasteiger partial charge in [-0.1, -0.05) is 55.2 Å². The van der Waals surface area contributed by atoms with E-state index in [1.807, 2.05) is 26.0 Å². The molecule has 26 heavy (non-hydrogen) atoms. The summed E-state index contributed by atoms with van der Waals surface area (Å²) in [6.45, 7) is 5.33. The highest BCUT2D eigenvalue weighted by atomic mass is 35.5. The van der Waals surface area contributed by atoms with Crippen LogP contribution in [0.2, 0.25) is 10.0 Å². The monoisotopic (exact) mass is 433 g/mol. The lowest BCUT2D eigenvalue weighted by Gasteiger charge is -2.31. The summed E-state index contributed by atoms with van der Waals surface area (Å²) in [5.41, 5.74) is 1.18. The largest absolute Gasteiger partial charge is 0.279 e. The molecule has 0 bridgehead atoms. The normalized spacial score (nSPS) is 12.9. The van der Waals surface area contributed by atoms with Gasteiger partial charge in [-0.3, -0.25) is 9.10 Å². The number of nitrogens with zero attached hydrogens (tertiary/aromatic N) is 1. The third kappa shape index (κ3) is 4.17. The Bertz CT molecular complexity index is 929. The molecule has 8 heteroatoms. The van der Waals surface area contributed by atoms with Crippen molar-refractivity contribution < 1.29 is 13.2 Å². The van der Waals surface area contributed by atoms with Crippen LogP contribution in [0.1, 0.15) is 32.3 Å². The van der Waals surface area contributed by atoms with Crippen molar-refractivity contribution in [1.82, 2.24) is 0 Å². The van der Waals surface area contributed by atoms with Gasteiger partial charge in [0.15, 0.2) is 0 Å². The standard InChI is InChI=1S/C18H18Cl3NO3S/c1-11(2)14-6-4-5-7-17(14)22(12(3)18(21)23)26(24,25)13-8-9-15(19)16(20)10-13/h4-12H,1-3H3. The van der Waals surface area contributed by atoms with Crippen LogP contribution in [-0.2, 0) is 14.8 Å². The van der Waals surface area contributed by atoms with Crippen LogP contribution in [0.5, 0.6) is 0 Å². The van der Waals surface area contributed by atoms with Gasteiger partial charge in [-0.05, 0) is 54.3 Å². The van der Waals surface area contributed by atoms with Crippen molar-refractivity contribution >= 4 is 55.8 Å². The predicted molar refractivity (Wildman–Crippen MR) is 107 cm³/mol. The van der Waals surface area contributed by atoms with Gasteiger partial charge in [0, 0.05) is 0 Å². The highest BCUT2D eigenvalue weighted by molar-refractivity contribution is 7.93. The van der Waals surface area contributed by atoms with Crippen LogP contribution in [0.25, 0.3) is 0 Å². The second-order valence-electron chi connectivity index (χ2n) is 6.07. The summed E-state index contributed by atoms with van der Waals surface area (Å²) in [5, 5.41) is -0.442. The Kier molecular flexibility index (Phi) is 6.61. The summed E-state index contributed by atoms with van der Waals surface area (Å²) >= 11 is 17.5. The number of anilines is 1. The van der Waals surface area contributed by atoms with E-state index in [1.165, 1.54) is 25.1 Å². The minimum atomic E-state index is -4.11. The Morgan fingerprint density at radius 3 is 2.15 bits per heavy atom. The van der Waals surface area contributed by atoms with E-state index in [-0.39, 0.29) is 20.9 Å². The van der Waals surface area contributed by atoms with Gasteiger partial charge in [0.1, 0.15) is 6.04 Å². The minimum Gasteiger partial charge on any atom is -0.279 e. The molecule has 0 aromatic heterocycles. The lowest BCUT2D eigenvalue weighted by atomic mass is 10.0. The minimum absolute atomic E-state index is 0.0373. The summed E-state index contributed by atoms with van der Waals surface area (Å²) in [6.07, 6.45) is 0. The van der Waals surface area contributed by atoms with Crippen LogP contribution >= 0.6 is 34.8 Å². The SMILES string of the molecule is CC(C)c1ccccc1N(C(C)C(=O)Cl)S(=O)(=O)c1ccc(Cl)c(Cl)c1. The Morgan fingerprint density at radius 2 is 1.62 bits per heavy atom. The molecule has 0 aliphatic rings. The first-order chi connectivity index (χ1) is 12.1. The maximum atomic E-state index is 13.3. The molecule has 0 heterocycles. The highest BCUT2D eigenvalue weighted by Crippen LogP contribution is 2.35. The zero-order valence-electron chi connectivity index (χ0n) is 14.4. The van der Waals surface area contributed by atoms with Gasteiger partial charge in [-0.25, -0.2) is 8.42 Å². The number of carbonyl (C=O) groups excluding carboxylic acids is 1. The maximum absolute atomic E-state index is 13.3. The summed E-state index contributed by atoms with van der Waals surface area (Å²) in [6, 6.07) is 9.91. The van der Waals surface area contributed by atoms with E-state index in [4.69, 9.17) is 34.8 Å². The molecule has 0 amide bonds. The Labute approximate surface area is 168 Å². The zero-order valence-corrected chi connectivity index (χ0v) is 17.5. The van der Waals surface area contributed by atoms with Crippen molar-refractivity contribution in [3.05, 3.63) is 58.1 Å². The number of benzene rings is 2. The van der Waals surface area contributed by atoms with Crippen molar-refractivity contribution in [3.8, 4) is 0 Å². The van der Waals surface area contributed by atoms with Gasteiger partial charge in [-0.15, -0.1) is 0 Å². The predicted octanol–water partition coefficient (Wildman–Crippen LogP) is 5.47. The van der Waals surface area contributed by atoms with E-state index in [0.29, 0.717) is 5.69 Å². The van der Waals surface area contributed by atoms with E-state index in [9.17, 15) is 13.2 Å². The van der Waals surface area contributed by atoms with Crippen LogP contribution in [-0.4, -0.2) is 19.7 Å². The van der Waals surface area contributed by atoms with Crippen molar-refractivity contribution in [3.63, 3.8) is 0 Å². The molecule has 0 radical (unpaired) electrons. The number of hydrogen-bond donors (Lipinski definition) is 0. The van der Waals surface area contributed by atoms with Crippen molar-refractivity contribution in [1.29, 1.82) is 0 Å². The average Bonchev–Trinajstić information content (AvgIpc) is 2.57. The van der Waals surface area contributed by atoms with Gasteiger partial charge in [0.05, 0.1) is 20.6 Å². The lowest BCUT2D eigenvalue weighted by Crippen LogP contribution is -2.42. The fourth-order valence-electron chi connectivity index (χ4n) is 2.57. The van der Waals surface area contributed by atoms with E-state index < -0.39 is 21.3 Å². The van der Waals surface area contributed by atoms with Crippen LogP contribution < -0.4 is 4.31 Å². The topological polar surface area (TPSA) is 54.5 Å². The Morgan fingerprint density at radius 1 is 1.00 bits per heavy atom. The molecule has 4 nitrogen and oxygen atoms in total. The van der Waals surface area contributed by atoms with Crippen LogP contribution in [0.4, 0.5) is 5.69 Å². The van der Waals surface area contributed by atoms with E-state index in [1.54, 1.807) is 12.1 Å². The van der Waals surface area contributed by atoms with Gasteiger partial charge in [0.2, 0.25) is 5.24 Å². The molecule has 140 valence electrons. The van der Waals surface area contributed by atoms with Gasteiger partial charge < -0.3 is 0 Å². The second kappa shape index (κ2) is 8.17. The fraction of sp³-hybridized carbons (Fsp3) is 0.278. The number of hydrogen-bond acceptors (Lipinski definition) is 3. The van der Waals surface area contributed by atoms with E-state index in [0.717, 1.165) is 9.87 Å². The highest BCUT2D eigenvalue weighted by Gasteiger charge is 2.34. The molecule has 0 fully saturated rings. The molecular weight excluding hydrogens is 417 g/mol. The molecule has 0 N–H and O–H groups in total. The van der Waals surface area contributed by atoms with Gasteiger partial charge in [0.25, 0.3) is 10.0 Å².